The largest absolute Gasteiger partial charge is 0.449 e. The molecule has 4 nitrogen and oxygen atoms in total. The Morgan fingerprint density at radius 2 is 2.12 bits per heavy atom. The van der Waals surface area contributed by atoms with Gasteiger partial charge in [-0.25, -0.2) is 0 Å². The second-order valence-corrected chi connectivity index (χ2v) is 3.69. The van der Waals surface area contributed by atoms with Gasteiger partial charge in [0.1, 0.15) is 12.8 Å². The number of hydrogen-bond donors (Lipinski definition) is 1. The number of Topliss-reactive ketones (excluding diaryl/α,β-unsaturated/α-hetero) is 1. The van der Waals surface area contributed by atoms with Crippen LogP contribution in [-0.2, 0) is 9.53 Å². The lowest BCUT2D eigenvalue weighted by Gasteiger charge is -2.04. The number of carbonyl (C=O) groups is 2. The van der Waals surface area contributed by atoms with Crippen LogP contribution in [0.25, 0.3) is 0 Å². The summed E-state index contributed by atoms with van der Waals surface area (Å²) in [5, 5.41) is 2.89. The molecule has 0 spiro atoms. The maximum absolute atomic E-state index is 11.7. The smallest absolute Gasteiger partial charge is 0.324 e. The first-order chi connectivity index (χ1) is 7.77. The van der Waals surface area contributed by atoms with E-state index in [-0.39, 0.29) is 24.5 Å². The standard InChI is InChI=1S/C12H13NO3/c14-11(9-4-2-1-3-5-9)7-6-10-12(15)16-8-13-10/h1-5,10,13H,6-8H2/t10-/m0/s1. The Labute approximate surface area is 93.6 Å². The van der Waals surface area contributed by atoms with Crippen molar-refractivity contribution >= 4 is 11.8 Å². The summed E-state index contributed by atoms with van der Waals surface area (Å²) in [7, 11) is 0. The van der Waals surface area contributed by atoms with Gasteiger partial charge in [-0.3, -0.25) is 14.9 Å². The van der Waals surface area contributed by atoms with Crippen molar-refractivity contribution in [1.82, 2.24) is 5.32 Å². The van der Waals surface area contributed by atoms with Crippen LogP contribution in [0.2, 0.25) is 0 Å². The maximum Gasteiger partial charge on any atom is 0.324 e. The van der Waals surface area contributed by atoms with Crippen molar-refractivity contribution in [2.45, 2.75) is 18.9 Å². The summed E-state index contributed by atoms with van der Waals surface area (Å²) >= 11 is 0. The van der Waals surface area contributed by atoms with E-state index in [0.29, 0.717) is 18.4 Å². The van der Waals surface area contributed by atoms with Gasteiger partial charge in [-0.05, 0) is 6.42 Å². The van der Waals surface area contributed by atoms with Gasteiger partial charge >= 0.3 is 5.97 Å². The minimum atomic E-state index is -0.326. The van der Waals surface area contributed by atoms with Crippen LogP contribution in [0.4, 0.5) is 0 Å². The van der Waals surface area contributed by atoms with Crippen molar-refractivity contribution in [3.8, 4) is 0 Å². The topological polar surface area (TPSA) is 55.4 Å². The van der Waals surface area contributed by atoms with E-state index in [1.165, 1.54) is 0 Å². The van der Waals surface area contributed by atoms with Crippen molar-refractivity contribution in [2.24, 2.45) is 0 Å². The molecule has 1 heterocycles. The van der Waals surface area contributed by atoms with Gasteiger partial charge in [0.05, 0.1) is 0 Å². The van der Waals surface area contributed by atoms with Crippen molar-refractivity contribution in [1.29, 1.82) is 0 Å². The first-order valence-electron chi connectivity index (χ1n) is 5.25. The molecule has 1 aliphatic rings. The molecule has 1 atom stereocenters. The molecule has 2 rings (SSSR count). The van der Waals surface area contributed by atoms with Gasteiger partial charge < -0.3 is 4.74 Å². The Morgan fingerprint density at radius 3 is 2.75 bits per heavy atom. The summed E-state index contributed by atoms with van der Waals surface area (Å²) in [5.74, 6) is -0.206. The van der Waals surface area contributed by atoms with Crippen LogP contribution in [0.5, 0.6) is 0 Å². The predicted octanol–water partition coefficient (Wildman–Crippen LogP) is 1.12. The molecule has 0 aliphatic carbocycles. The quantitative estimate of drug-likeness (QED) is 0.609. The third-order valence-electron chi connectivity index (χ3n) is 2.58. The number of benzene rings is 1. The van der Waals surface area contributed by atoms with E-state index in [0.717, 1.165) is 0 Å². The number of hydrogen-bond acceptors (Lipinski definition) is 4. The monoisotopic (exact) mass is 219 g/mol. The lowest BCUT2D eigenvalue weighted by molar-refractivity contribution is -0.139. The third-order valence-corrected chi connectivity index (χ3v) is 2.58. The van der Waals surface area contributed by atoms with Crippen LogP contribution in [0.15, 0.2) is 30.3 Å². The normalized spacial score (nSPS) is 19.5. The summed E-state index contributed by atoms with van der Waals surface area (Å²) in [6.07, 6.45) is 0.851. The Balaban J connectivity index is 1.87. The van der Waals surface area contributed by atoms with Gasteiger partial charge in [0.15, 0.2) is 5.78 Å². The zero-order valence-electron chi connectivity index (χ0n) is 8.81. The van der Waals surface area contributed by atoms with Crippen LogP contribution in [-0.4, -0.2) is 24.5 Å². The average Bonchev–Trinajstić information content (AvgIpc) is 2.73. The first kappa shape index (κ1) is 10.8. The molecule has 4 heteroatoms. The first-order valence-corrected chi connectivity index (χ1v) is 5.25. The summed E-state index contributed by atoms with van der Waals surface area (Å²) in [6, 6.07) is 8.76. The molecule has 16 heavy (non-hydrogen) atoms. The number of ketones is 1. The second kappa shape index (κ2) is 4.90. The summed E-state index contributed by atoms with van der Waals surface area (Å²) in [4.78, 5) is 22.9. The van der Waals surface area contributed by atoms with Crippen molar-refractivity contribution in [2.75, 3.05) is 6.73 Å². The van der Waals surface area contributed by atoms with Gasteiger partial charge in [-0.15, -0.1) is 0 Å². The molecule has 0 bridgehead atoms. The molecule has 0 saturated carbocycles. The van der Waals surface area contributed by atoms with E-state index >= 15 is 0 Å². The van der Waals surface area contributed by atoms with E-state index in [4.69, 9.17) is 4.74 Å². The molecular weight excluding hydrogens is 206 g/mol. The van der Waals surface area contributed by atoms with Crippen LogP contribution in [0.1, 0.15) is 23.2 Å². The summed E-state index contributed by atoms with van der Waals surface area (Å²) in [5.41, 5.74) is 0.689. The van der Waals surface area contributed by atoms with E-state index in [1.807, 2.05) is 18.2 Å². The van der Waals surface area contributed by atoms with Crippen LogP contribution >= 0.6 is 0 Å². The van der Waals surface area contributed by atoms with Crippen molar-refractivity contribution < 1.29 is 14.3 Å². The Kier molecular flexibility index (Phi) is 3.31. The Morgan fingerprint density at radius 1 is 1.38 bits per heavy atom. The molecule has 0 unspecified atom stereocenters. The molecule has 1 aromatic rings. The second-order valence-electron chi connectivity index (χ2n) is 3.69. The van der Waals surface area contributed by atoms with Crippen molar-refractivity contribution in [3.05, 3.63) is 35.9 Å². The minimum Gasteiger partial charge on any atom is -0.449 e. The van der Waals surface area contributed by atoms with Gasteiger partial charge in [-0.2, -0.15) is 0 Å². The number of esters is 1. The Bertz CT molecular complexity index is 389. The third kappa shape index (κ3) is 2.46. The zero-order valence-corrected chi connectivity index (χ0v) is 8.81. The molecule has 0 aromatic heterocycles. The van der Waals surface area contributed by atoms with E-state index < -0.39 is 0 Å². The molecule has 0 amide bonds. The lowest BCUT2D eigenvalue weighted by Crippen LogP contribution is -2.27. The number of nitrogens with one attached hydrogen (secondary N) is 1. The number of carbonyl (C=O) groups excluding carboxylic acids is 2. The molecule has 1 saturated heterocycles. The number of rotatable bonds is 4. The fraction of sp³-hybridized carbons (Fsp3) is 0.333. The highest BCUT2D eigenvalue weighted by Crippen LogP contribution is 2.09. The van der Waals surface area contributed by atoms with E-state index in [9.17, 15) is 9.59 Å². The molecular formula is C12H13NO3. The Hall–Kier alpha value is -1.68. The number of ether oxygens (including phenoxy) is 1. The zero-order chi connectivity index (χ0) is 11.4. The number of cyclic esters (lactones) is 1. The van der Waals surface area contributed by atoms with Crippen LogP contribution in [0, 0.1) is 0 Å². The molecule has 1 N–H and O–H groups in total. The highest BCUT2D eigenvalue weighted by Gasteiger charge is 2.25. The van der Waals surface area contributed by atoms with Gasteiger partial charge in [0, 0.05) is 12.0 Å². The van der Waals surface area contributed by atoms with Gasteiger partial charge in [0.25, 0.3) is 0 Å². The van der Waals surface area contributed by atoms with Gasteiger partial charge in [0.2, 0.25) is 0 Å². The average molecular weight is 219 g/mol. The minimum absolute atomic E-state index is 0.0575. The van der Waals surface area contributed by atoms with Crippen LogP contribution in [0.3, 0.4) is 0 Å². The highest BCUT2D eigenvalue weighted by atomic mass is 16.6. The summed E-state index contributed by atoms with van der Waals surface area (Å²) in [6.45, 7) is 0.253. The molecule has 1 aliphatic heterocycles. The lowest BCUT2D eigenvalue weighted by atomic mass is 10.0. The SMILES string of the molecule is O=C(CC[C@@H]1NCOC1=O)c1ccccc1. The van der Waals surface area contributed by atoms with Gasteiger partial charge in [-0.1, -0.05) is 30.3 Å². The summed E-state index contributed by atoms with van der Waals surface area (Å²) < 4.78 is 4.74. The van der Waals surface area contributed by atoms with E-state index in [1.54, 1.807) is 12.1 Å². The molecule has 1 aromatic carbocycles. The maximum atomic E-state index is 11.7. The highest BCUT2D eigenvalue weighted by molar-refractivity contribution is 5.96. The fourth-order valence-electron chi connectivity index (χ4n) is 1.66. The van der Waals surface area contributed by atoms with Crippen molar-refractivity contribution in [3.63, 3.8) is 0 Å². The molecule has 1 fully saturated rings. The van der Waals surface area contributed by atoms with Crippen LogP contribution < -0.4 is 5.32 Å². The molecule has 84 valence electrons. The van der Waals surface area contributed by atoms with E-state index in [2.05, 4.69) is 5.32 Å². The fourth-order valence-corrected chi connectivity index (χ4v) is 1.66. The predicted molar refractivity (Wildman–Crippen MR) is 57.9 cm³/mol. The molecule has 0 radical (unpaired) electrons.